The molecule has 0 aliphatic carbocycles. The molecule has 226 valence electrons. The fourth-order valence-corrected chi connectivity index (χ4v) is 5.64. The van der Waals surface area contributed by atoms with Gasteiger partial charge in [0.25, 0.3) is 5.91 Å². The van der Waals surface area contributed by atoms with Crippen LogP contribution in [0.5, 0.6) is 5.75 Å². The SMILES string of the molecule is CNC(=O)c1c(-c2ccc(F)cc2)oc2cc(N(C)S(C)(=O)=O)c(-c3ncc(OC)c(-c4cc5c(C#N)cccc5[nH]4)n3)cc12. The zero-order valence-electron chi connectivity index (χ0n) is 24.5. The van der Waals surface area contributed by atoms with Crippen molar-refractivity contribution in [1.82, 2.24) is 20.3 Å². The van der Waals surface area contributed by atoms with Crippen LogP contribution in [0.1, 0.15) is 15.9 Å². The molecule has 0 aliphatic heterocycles. The molecule has 3 aromatic carbocycles. The number of amides is 1. The van der Waals surface area contributed by atoms with Gasteiger partial charge in [0.05, 0.1) is 48.1 Å². The third-order valence-electron chi connectivity index (χ3n) is 7.46. The number of carbonyl (C=O) groups is 1. The quantitative estimate of drug-likeness (QED) is 0.237. The molecule has 0 saturated carbocycles. The van der Waals surface area contributed by atoms with Crippen LogP contribution in [-0.2, 0) is 10.0 Å². The number of rotatable bonds is 7. The minimum Gasteiger partial charge on any atom is -0.493 e. The molecule has 0 fully saturated rings. The fraction of sp³-hybridized carbons (Fsp3) is 0.125. The van der Waals surface area contributed by atoms with Crippen LogP contribution >= 0.6 is 0 Å². The van der Waals surface area contributed by atoms with Gasteiger partial charge in [-0.1, -0.05) is 6.07 Å². The van der Waals surface area contributed by atoms with Crippen molar-refractivity contribution in [3.05, 3.63) is 83.8 Å². The van der Waals surface area contributed by atoms with Crippen LogP contribution in [-0.4, -0.2) is 56.7 Å². The number of aromatic amines is 1. The van der Waals surface area contributed by atoms with Crippen LogP contribution in [0.15, 0.2) is 71.3 Å². The van der Waals surface area contributed by atoms with Gasteiger partial charge in [0.15, 0.2) is 11.6 Å². The highest BCUT2D eigenvalue weighted by Crippen LogP contribution is 2.41. The van der Waals surface area contributed by atoms with E-state index in [1.54, 1.807) is 24.3 Å². The third kappa shape index (κ3) is 5.11. The summed E-state index contributed by atoms with van der Waals surface area (Å²) in [4.78, 5) is 25.8. The Balaban J connectivity index is 1.64. The first-order chi connectivity index (χ1) is 21.5. The molecule has 0 unspecified atom stereocenters. The van der Waals surface area contributed by atoms with Crippen LogP contribution in [0.2, 0.25) is 0 Å². The summed E-state index contributed by atoms with van der Waals surface area (Å²) in [7, 11) is 0.543. The number of hydrogen-bond donors (Lipinski definition) is 2. The van der Waals surface area contributed by atoms with Crippen LogP contribution < -0.4 is 14.4 Å². The van der Waals surface area contributed by atoms with Crippen molar-refractivity contribution in [3.63, 3.8) is 0 Å². The molecule has 0 saturated heterocycles. The molecule has 0 bridgehead atoms. The zero-order valence-corrected chi connectivity index (χ0v) is 25.3. The Morgan fingerprint density at radius 1 is 1.13 bits per heavy atom. The molecule has 45 heavy (non-hydrogen) atoms. The molecule has 11 nitrogen and oxygen atoms in total. The number of furan rings is 1. The predicted molar refractivity (Wildman–Crippen MR) is 168 cm³/mol. The lowest BCUT2D eigenvalue weighted by Gasteiger charge is -2.20. The van der Waals surface area contributed by atoms with Gasteiger partial charge in [-0.2, -0.15) is 5.26 Å². The van der Waals surface area contributed by atoms with Gasteiger partial charge in [0.2, 0.25) is 10.0 Å². The average Bonchev–Trinajstić information content (AvgIpc) is 3.64. The molecule has 0 radical (unpaired) electrons. The second-order valence-electron chi connectivity index (χ2n) is 10.2. The number of aromatic nitrogens is 3. The van der Waals surface area contributed by atoms with Gasteiger partial charge < -0.3 is 19.5 Å². The number of benzene rings is 3. The number of anilines is 1. The van der Waals surface area contributed by atoms with E-state index < -0.39 is 21.7 Å². The lowest BCUT2D eigenvalue weighted by Crippen LogP contribution is -2.25. The van der Waals surface area contributed by atoms with Gasteiger partial charge >= 0.3 is 0 Å². The number of ether oxygens (including phenoxy) is 1. The van der Waals surface area contributed by atoms with E-state index in [1.807, 2.05) is 6.07 Å². The van der Waals surface area contributed by atoms with E-state index in [0.717, 1.165) is 10.6 Å². The van der Waals surface area contributed by atoms with Crippen molar-refractivity contribution < 1.29 is 26.8 Å². The topological polar surface area (TPSA) is 154 Å². The van der Waals surface area contributed by atoms with Gasteiger partial charge in [-0.05, 0) is 48.5 Å². The first-order valence-corrected chi connectivity index (χ1v) is 15.3. The summed E-state index contributed by atoms with van der Waals surface area (Å²) in [6.07, 6.45) is 2.52. The molecular formula is C32H25FN6O5S. The van der Waals surface area contributed by atoms with Crippen molar-refractivity contribution in [3.8, 4) is 45.9 Å². The number of nitrogens with zero attached hydrogens (tertiary/aromatic N) is 4. The van der Waals surface area contributed by atoms with E-state index in [-0.39, 0.29) is 34.0 Å². The Bertz CT molecular complexity index is 2290. The number of H-pyrrole nitrogens is 1. The van der Waals surface area contributed by atoms with E-state index in [2.05, 4.69) is 21.4 Å². The Labute approximate surface area is 257 Å². The van der Waals surface area contributed by atoms with Crippen LogP contribution in [0, 0.1) is 17.1 Å². The van der Waals surface area contributed by atoms with E-state index in [1.165, 1.54) is 57.7 Å². The molecule has 2 N–H and O–H groups in total. The molecule has 3 aromatic heterocycles. The molecule has 0 atom stereocenters. The maximum atomic E-state index is 13.7. The largest absolute Gasteiger partial charge is 0.493 e. The van der Waals surface area contributed by atoms with Gasteiger partial charge in [-0.3, -0.25) is 9.10 Å². The number of nitriles is 1. The van der Waals surface area contributed by atoms with Crippen molar-refractivity contribution in [2.24, 2.45) is 0 Å². The molecule has 6 rings (SSSR count). The molecular weight excluding hydrogens is 599 g/mol. The summed E-state index contributed by atoms with van der Waals surface area (Å²) >= 11 is 0. The number of carbonyl (C=O) groups excluding carboxylic acids is 1. The number of hydrogen-bond acceptors (Lipinski definition) is 8. The summed E-state index contributed by atoms with van der Waals surface area (Å²) in [5.74, 6) is -0.286. The Morgan fingerprint density at radius 2 is 1.89 bits per heavy atom. The minimum atomic E-state index is -3.78. The van der Waals surface area contributed by atoms with Gasteiger partial charge in [0, 0.05) is 47.6 Å². The van der Waals surface area contributed by atoms with Gasteiger partial charge in [0.1, 0.15) is 22.9 Å². The standard InChI is InChI=1S/C32H25FN6O5S/c1-35-32(40)28-22-12-21(25(39(2)45(4,41)42)14-26(22)44-30(28)17-8-10-19(33)11-9-17)31-36-16-27(43-3)29(38-31)24-13-20-18(15-34)6-5-7-23(20)37-24/h5-14,16,37H,1-4H3,(H,35,40). The van der Waals surface area contributed by atoms with Crippen LogP contribution in [0.4, 0.5) is 10.1 Å². The number of sulfonamides is 1. The minimum absolute atomic E-state index is 0.129. The molecule has 6 aromatic rings. The van der Waals surface area contributed by atoms with E-state index in [4.69, 9.17) is 14.1 Å². The highest BCUT2D eigenvalue weighted by molar-refractivity contribution is 7.92. The number of fused-ring (bicyclic) bond motifs is 2. The van der Waals surface area contributed by atoms with E-state index >= 15 is 0 Å². The Kier molecular flexibility index (Phi) is 7.22. The first kappa shape index (κ1) is 29.3. The molecule has 0 spiro atoms. The van der Waals surface area contributed by atoms with E-state index in [0.29, 0.717) is 44.6 Å². The van der Waals surface area contributed by atoms with Crippen LogP contribution in [0.3, 0.4) is 0 Å². The molecule has 13 heteroatoms. The third-order valence-corrected chi connectivity index (χ3v) is 8.65. The average molecular weight is 625 g/mol. The summed E-state index contributed by atoms with van der Waals surface area (Å²) < 4.78 is 52.0. The van der Waals surface area contributed by atoms with Crippen molar-refractivity contribution in [2.75, 3.05) is 31.8 Å². The van der Waals surface area contributed by atoms with Gasteiger partial charge in [-0.25, -0.2) is 22.8 Å². The fourth-order valence-electron chi connectivity index (χ4n) is 5.13. The summed E-state index contributed by atoms with van der Waals surface area (Å²) in [5.41, 5.74) is 3.40. The number of nitrogens with one attached hydrogen (secondary N) is 2. The maximum absolute atomic E-state index is 13.7. The van der Waals surface area contributed by atoms with E-state index in [9.17, 15) is 22.9 Å². The van der Waals surface area contributed by atoms with Crippen LogP contribution in [0.25, 0.3) is 56.0 Å². The first-order valence-electron chi connectivity index (χ1n) is 13.5. The smallest absolute Gasteiger partial charge is 0.255 e. The summed E-state index contributed by atoms with van der Waals surface area (Å²) in [6, 6.07) is 17.8. The highest BCUT2D eigenvalue weighted by Gasteiger charge is 2.27. The second kappa shape index (κ2) is 11.1. The lowest BCUT2D eigenvalue weighted by atomic mass is 10.0. The van der Waals surface area contributed by atoms with Gasteiger partial charge in [-0.15, -0.1) is 0 Å². The maximum Gasteiger partial charge on any atom is 0.255 e. The normalized spacial score (nSPS) is 11.5. The Hall–Kier alpha value is -5.74. The molecule has 0 aliphatic rings. The summed E-state index contributed by atoms with van der Waals surface area (Å²) in [5, 5.41) is 13.3. The van der Waals surface area contributed by atoms with Crippen molar-refractivity contribution in [2.45, 2.75) is 0 Å². The molecule has 3 heterocycles. The second-order valence-corrected chi connectivity index (χ2v) is 12.2. The lowest BCUT2D eigenvalue weighted by molar-refractivity contribution is 0.0964. The zero-order chi connectivity index (χ0) is 32.0. The van der Waals surface area contributed by atoms with Crippen molar-refractivity contribution in [1.29, 1.82) is 5.26 Å². The number of methoxy groups -OCH3 is 1. The Morgan fingerprint density at radius 3 is 2.56 bits per heavy atom. The summed E-state index contributed by atoms with van der Waals surface area (Å²) in [6.45, 7) is 0. The monoisotopic (exact) mass is 624 g/mol. The number of halogens is 1. The highest BCUT2D eigenvalue weighted by atomic mass is 32.2. The predicted octanol–water partition coefficient (Wildman–Crippen LogP) is 5.48. The molecule has 1 amide bonds. The van der Waals surface area contributed by atoms with Crippen molar-refractivity contribution >= 4 is 43.5 Å².